The number of non-ortho nitro benzene ring substituents is 1. The summed E-state index contributed by atoms with van der Waals surface area (Å²) in [7, 11) is 0. The maximum Gasteiger partial charge on any atom is 0.277 e. The fourth-order valence-corrected chi connectivity index (χ4v) is 1.69. The van der Waals surface area contributed by atoms with Gasteiger partial charge in [0, 0.05) is 16.4 Å². The Balaban J connectivity index is 2.91. The first kappa shape index (κ1) is 9.39. The van der Waals surface area contributed by atoms with Gasteiger partial charge >= 0.3 is 0 Å². The van der Waals surface area contributed by atoms with E-state index in [0.29, 0.717) is 16.3 Å². The van der Waals surface area contributed by atoms with Crippen LogP contribution < -0.4 is 4.73 Å². The zero-order chi connectivity index (χ0) is 11.0. The smallest absolute Gasteiger partial charge is 0.277 e. The van der Waals surface area contributed by atoms with E-state index in [9.17, 15) is 15.3 Å². The molecule has 0 saturated carbocycles. The number of aromatic nitrogens is 1. The summed E-state index contributed by atoms with van der Waals surface area (Å²) in [6, 6.07) is 4.78. The normalized spacial score (nSPS) is 10.5. The van der Waals surface area contributed by atoms with E-state index in [1.807, 2.05) is 0 Å². The molecular weight excluding hydrogens is 196 g/mol. The standard InChI is InChI=1S/C10H9N2O3/c1-7-5-11(13)6-8-3-2-4-9(10(7)8)12(14)15/h2-6,13H,1H3/q+1. The lowest BCUT2D eigenvalue weighted by Crippen LogP contribution is -2.29. The number of nitro groups is 1. The highest BCUT2D eigenvalue weighted by atomic mass is 16.6. The number of hydrogen-bond acceptors (Lipinski definition) is 3. The summed E-state index contributed by atoms with van der Waals surface area (Å²) in [5.74, 6) is 0. The van der Waals surface area contributed by atoms with E-state index >= 15 is 0 Å². The Morgan fingerprint density at radius 2 is 2.13 bits per heavy atom. The molecule has 0 aliphatic heterocycles. The number of nitro benzene ring substituents is 1. The summed E-state index contributed by atoms with van der Waals surface area (Å²) in [5.41, 5.74) is 0.730. The van der Waals surface area contributed by atoms with Crippen molar-refractivity contribution >= 4 is 16.5 Å². The summed E-state index contributed by atoms with van der Waals surface area (Å²) in [4.78, 5) is 10.4. The molecule has 76 valence electrons. The van der Waals surface area contributed by atoms with Crippen molar-refractivity contribution in [2.24, 2.45) is 0 Å². The van der Waals surface area contributed by atoms with Crippen molar-refractivity contribution in [2.75, 3.05) is 0 Å². The molecule has 0 unspecified atom stereocenters. The first-order chi connectivity index (χ1) is 7.09. The second-order valence-electron chi connectivity index (χ2n) is 3.32. The Labute approximate surface area is 85.3 Å². The Bertz CT molecular complexity index is 552. The van der Waals surface area contributed by atoms with Gasteiger partial charge in [0.1, 0.15) is 0 Å². The molecule has 1 aromatic carbocycles. The number of nitrogens with zero attached hydrogens (tertiary/aromatic N) is 2. The van der Waals surface area contributed by atoms with E-state index in [-0.39, 0.29) is 5.69 Å². The maximum atomic E-state index is 10.8. The molecule has 0 spiro atoms. The van der Waals surface area contributed by atoms with E-state index in [2.05, 4.69) is 0 Å². The molecular formula is C10H9N2O3+. The van der Waals surface area contributed by atoms with Gasteiger partial charge in [-0.3, -0.25) is 15.3 Å². The maximum absolute atomic E-state index is 10.8. The molecule has 1 N–H and O–H groups in total. The van der Waals surface area contributed by atoms with Crippen LogP contribution in [-0.4, -0.2) is 10.1 Å². The highest BCUT2D eigenvalue weighted by Crippen LogP contribution is 2.26. The van der Waals surface area contributed by atoms with Crippen molar-refractivity contribution < 1.29 is 14.9 Å². The van der Waals surface area contributed by atoms with Crippen LogP contribution >= 0.6 is 0 Å². The zero-order valence-electron chi connectivity index (χ0n) is 8.04. The van der Waals surface area contributed by atoms with Crippen LogP contribution in [0.15, 0.2) is 30.6 Å². The van der Waals surface area contributed by atoms with Crippen molar-refractivity contribution in [1.82, 2.24) is 0 Å². The molecule has 2 aromatic rings. The molecule has 0 atom stereocenters. The van der Waals surface area contributed by atoms with Crippen LogP contribution in [0.2, 0.25) is 0 Å². The first-order valence-corrected chi connectivity index (χ1v) is 4.38. The van der Waals surface area contributed by atoms with E-state index < -0.39 is 4.92 Å². The fraction of sp³-hybridized carbons (Fsp3) is 0.100. The Kier molecular flexibility index (Phi) is 2.00. The topological polar surface area (TPSA) is 67.2 Å². The van der Waals surface area contributed by atoms with Gasteiger partial charge in [0.2, 0.25) is 12.4 Å². The number of fused-ring (bicyclic) bond motifs is 1. The molecule has 0 aliphatic carbocycles. The highest BCUT2D eigenvalue weighted by molar-refractivity contribution is 5.92. The second-order valence-corrected chi connectivity index (χ2v) is 3.32. The lowest BCUT2D eigenvalue weighted by atomic mass is 10.1. The van der Waals surface area contributed by atoms with Crippen LogP contribution in [0.5, 0.6) is 0 Å². The summed E-state index contributed by atoms with van der Waals surface area (Å²) in [6.07, 6.45) is 2.88. The SMILES string of the molecule is Cc1c[n+](O)cc2cccc([N+](=O)[O-])c12. The molecule has 5 heteroatoms. The second kappa shape index (κ2) is 3.20. The summed E-state index contributed by atoms with van der Waals surface area (Å²) in [5, 5.41) is 21.3. The van der Waals surface area contributed by atoms with Gasteiger partial charge in [-0.2, -0.15) is 0 Å². The average Bonchev–Trinajstić information content (AvgIpc) is 2.16. The summed E-state index contributed by atoms with van der Waals surface area (Å²) >= 11 is 0. The van der Waals surface area contributed by atoms with E-state index in [0.717, 1.165) is 4.73 Å². The molecule has 0 fully saturated rings. The summed E-state index contributed by atoms with van der Waals surface area (Å²) in [6.45, 7) is 1.72. The molecule has 0 saturated heterocycles. The van der Waals surface area contributed by atoms with E-state index in [1.165, 1.54) is 18.5 Å². The Morgan fingerprint density at radius 3 is 2.80 bits per heavy atom. The predicted octanol–water partition coefficient (Wildman–Crippen LogP) is 1.58. The number of rotatable bonds is 1. The Hall–Kier alpha value is -2.17. The number of benzene rings is 1. The van der Waals surface area contributed by atoms with Crippen LogP contribution in [0.3, 0.4) is 0 Å². The summed E-state index contributed by atoms with van der Waals surface area (Å²) < 4.78 is 0.904. The minimum atomic E-state index is -0.420. The van der Waals surface area contributed by atoms with Gasteiger partial charge < -0.3 is 0 Å². The van der Waals surface area contributed by atoms with Crippen LogP contribution in [0.1, 0.15) is 5.56 Å². The molecule has 1 heterocycles. The molecule has 0 amide bonds. The number of pyridine rings is 1. The van der Waals surface area contributed by atoms with E-state index in [1.54, 1.807) is 19.1 Å². The van der Waals surface area contributed by atoms with Crippen LogP contribution in [0.25, 0.3) is 10.8 Å². The zero-order valence-corrected chi connectivity index (χ0v) is 8.04. The third kappa shape index (κ3) is 1.48. The van der Waals surface area contributed by atoms with Gasteiger partial charge in [-0.1, -0.05) is 6.07 Å². The molecule has 5 nitrogen and oxygen atoms in total. The largest absolute Gasteiger partial charge is 0.285 e. The average molecular weight is 205 g/mol. The highest BCUT2D eigenvalue weighted by Gasteiger charge is 2.16. The van der Waals surface area contributed by atoms with Gasteiger partial charge in [0.05, 0.1) is 15.7 Å². The molecule has 0 aliphatic rings. The Morgan fingerprint density at radius 1 is 1.40 bits per heavy atom. The van der Waals surface area contributed by atoms with Gasteiger partial charge in [0.25, 0.3) is 5.69 Å². The first-order valence-electron chi connectivity index (χ1n) is 4.38. The van der Waals surface area contributed by atoms with Crippen LogP contribution in [0, 0.1) is 17.0 Å². The van der Waals surface area contributed by atoms with E-state index in [4.69, 9.17) is 0 Å². The van der Waals surface area contributed by atoms with Gasteiger partial charge in [-0.25, -0.2) is 0 Å². The van der Waals surface area contributed by atoms with Crippen LogP contribution in [0.4, 0.5) is 5.69 Å². The fourth-order valence-electron chi connectivity index (χ4n) is 1.69. The van der Waals surface area contributed by atoms with Crippen molar-refractivity contribution in [3.8, 4) is 0 Å². The minimum absolute atomic E-state index is 0.0607. The van der Waals surface area contributed by atoms with Crippen molar-refractivity contribution in [3.63, 3.8) is 0 Å². The molecule has 0 bridgehead atoms. The van der Waals surface area contributed by atoms with Gasteiger partial charge in [-0.05, 0) is 13.0 Å². The quantitative estimate of drug-likeness (QED) is 0.332. The molecule has 2 rings (SSSR count). The third-order valence-corrected chi connectivity index (χ3v) is 2.26. The lowest BCUT2D eigenvalue weighted by molar-refractivity contribution is -0.904. The van der Waals surface area contributed by atoms with Gasteiger partial charge in [-0.15, -0.1) is 0 Å². The van der Waals surface area contributed by atoms with Crippen molar-refractivity contribution in [2.45, 2.75) is 6.92 Å². The third-order valence-electron chi connectivity index (χ3n) is 2.26. The van der Waals surface area contributed by atoms with Gasteiger partial charge in [0.15, 0.2) is 0 Å². The molecule has 0 radical (unpaired) electrons. The number of aryl methyl sites for hydroxylation is 1. The molecule has 15 heavy (non-hydrogen) atoms. The predicted molar refractivity (Wildman–Crippen MR) is 52.7 cm³/mol. The molecule has 1 aromatic heterocycles. The van der Waals surface area contributed by atoms with Crippen molar-refractivity contribution in [1.29, 1.82) is 0 Å². The lowest BCUT2D eigenvalue weighted by Gasteiger charge is -1.99. The minimum Gasteiger partial charge on any atom is -0.285 e. The number of hydrogen-bond donors (Lipinski definition) is 1. The van der Waals surface area contributed by atoms with Crippen molar-refractivity contribution in [3.05, 3.63) is 46.3 Å². The van der Waals surface area contributed by atoms with Crippen LogP contribution in [-0.2, 0) is 0 Å². The monoisotopic (exact) mass is 205 g/mol.